The molecule has 0 aromatic carbocycles. The molecule has 2 aliphatic rings. The molecular formula is C22H27N3O5S. The number of amides is 2. The lowest BCUT2D eigenvalue weighted by atomic mass is 9.99. The summed E-state index contributed by atoms with van der Waals surface area (Å²) in [6.45, 7) is 4.57. The summed E-state index contributed by atoms with van der Waals surface area (Å²) in [6, 6.07) is 6.49. The number of thiophene rings is 1. The van der Waals surface area contributed by atoms with Crippen LogP contribution in [-0.4, -0.2) is 49.3 Å². The third kappa shape index (κ3) is 5.36. The Hall–Kier alpha value is -2.62. The van der Waals surface area contributed by atoms with Gasteiger partial charge in [-0.3, -0.25) is 4.90 Å². The van der Waals surface area contributed by atoms with Gasteiger partial charge in [0.2, 0.25) is 0 Å². The lowest BCUT2D eigenvalue weighted by Crippen LogP contribution is -2.49. The summed E-state index contributed by atoms with van der Waals surface area (Å²) >= 11 is 1.68. The summed E-state index contributed by atoms with van der Waals surface area (Å²) in [5.74, 6) is 0.0129. The van der Waals surface area contributed by atoms with Crippen molar-refractivity contribution in [1.82, 2.24) is 15.5 Å². The minimum atomic E-state index is -0.705. The molecule has 4 rings (SSSR count). The Labute approximate surface area is 185 Å². The number of nitrogens with zero attached hydrogens (tertiary/aromatic N) is 1. The van der Waals surface area contributed by atoms with E-state index < -0.39 is 12.0 Å². The molecule has 0 saturated carbocycles. The summed E-state index contributed by atoms with van der Waals surface area (Å²) in [4.78, 5) is 28.8. The Morgan fingerprint density at radius 1 is 1.32 bits per heavy atom. The van der Waals surface area contributed by atoms with Crippen molar-refractivity contribution in [1.29, 1.82) is 0 Å². The van der Waals surface area contributed by atoms with Crippen molar-refractivity contribution < 1.29 is 23.5 Å². The molecule has 8 nitrogen and oxygen atoms in total. The van der Waals surface area contributed by atoms with Crippen LogP contribution in [0.2, 0.25) is 0 Å². The number of furan rings is 1. The maximum Gasteiger partial charge on any atom is 0.338 e. The van der Waals surface area contributed by atoms with Crippen molar-refractivity contribution in [2.45, 2.75) is 38.5 Å². The quantitative estimate of drug-likeness (QED) is 0.576. The lowest BCUT2D eigenvalue weighted by Gasteiger charge is -2.32. The highest BCUT2D eigenvalue weighted by Crippen LogP contribution is 2.29. The van der Waals surface area contributed by atoms with Gasteiger partial charge in [0.1, 0.15) is 11.8 Å². The number of nitrogens with one attached hydrogen (secondary N) is 2. The van der Waals surface area contributed by atoms with Crippen LogP contribution >= 0.6 is 11.3 Å². The van der Waals surface area contributed by atoms with Gasteiger partial charge in [-0.2, -0.15) is 0 Å². The molecule has 0 bridgehead atoms. The number of esters is 1. The zero-order valence-corrected chi connectivity index (χ0v) is 18.3. The van der Waals surface area contributed by atoms with E-state index in [4.69, 9.17) is 13.9 Å². The average molecular weight is 446 g/mol. The first-order chi connectivity index (χ1) is 15.1. The molecule has 4 heterocycles. The first-order valence-corrected chi connectivity index (χ1v) is 11.4. The summed E-state index contributed by atoms with van der Waals surface area (Å²) in [5, 5.41) is 7.67. The number of urea groups is 1. The van der Waals surface area contributed by atoms with Crippen LogP contribution in [0, 0.1) is 0 Å². The molecule has 1 saturated heterocycles. The van der Waals surface area contributed by atoms with Gasteiger partial charge in [-0.15, -0.1) is 11.3 Å². The zero-order chi connectivity index (χ0) is 21.6. The topological polar surface area (TPSA) is 93.0 Å². The number of hydrogen-bond acceptors (Lipinski definition) is 7. The highest BCUT2D eigenvalue weighted by Gasteiger charge is 2.36. The summed E-state index contributed by atoms with van der Waals surface area (Å²) in [5.41, 5.74) is 0.887. The van der Waals surface area contributed by atoms with Crippen molar-refractivity contribution >= 4 is 23.3 Å². The Morgan fingerprint density at radius 2 is 2.23 bits per heavy atom. The van der Waals surface area contributed by atoms with Gasteiger partial charge in [0.05, 0.1) is 24.5 Å². The summed E-state index contributed by atoms with van der Waals surface area (Å²) < 4.78 is 16.7. The molecule has 9 heteroatoms. The third-order valence-electron chi connectivity index (χ3n) is 5.30. The fourth-order valence-electron chi connectivity index (χ4n) is 3.97. The van der Waals surface area contributed by atoms with Gasteiger partial charge in [-0.25, -0.2) is 9.59 Å². The molecule has 2 aliphatic heterocycles. The molecule has 2 unspecified atom stereocenters. The minimum absolute atomic E-state index is 0.143. The maximum atomic E-state index is 12.9. The van der Waals surface area contributed by atoms with Crippen LogP contribution in [-0.2, 0) is 20.8 Å². The molecule has 0 spiro atoms. The van der Waals surface area contributed by atoms with E-state index in [1.807, 2.05) is 11.4 Å². The van der Waals surface area contributed by atoms with Gasteiger partial charge in [-0.1, -0.05) is 6.07 Å². The lowest BCUT2D eigenvalue weighted by molar-refractivity contribution is -0.139. The zero-order valence-electron chi connectivity index (χ0n) is 17.5. The van der Waals surface area contributed by atoms with Crippen molar-refractivity contribution in [3.05, 3.63) is 57.8 Å². The van der Waals surface area contributed by atoms with Crippen LogP contribution < -0.4 is 10.6 Å². The Kier molecular flexibility index (Phi) is 7.06. The molecule has 31 heavy (non-hydrogen) atoms. The molecule has 1 fully saturated rings. The normalized spacial score (nSPS) is 21.3. The first kappa shape index (κ1) is 21.6. The molecule has 0 radical (unpaired) electrons. The second-order valence-corrected chi connectivity index (χ2v) is 8.58. The number of carbonyl (C=O) groups excluding carboxylic acids is 2. The van der Waals surface area contributed by atoms with E-state index >= 15 is 0 Å². The predicted octanol–water partition coefficient (Wildman–Crippen LogP) is 3.19. The number of ether oxygens (including phenoxy) is 2. The van der Waals surface area contributed by atoms with Crippen LogP contribution in [0.4, 0.5) is 4.79 Å². The van der Waals surface area contributed by atoms with Gasteiger partial charge >= 0.3 is 12.0 Å². The van der Waals surface area contributed by atoms with Crippen LogP contribution in [0.15, 0.2) is 51.6 Å². The van der Waals surface area contributed by atoms with Gasteiger partial charge in [0.25, 0.3) is 0 Å². The maximum absolute atomic E-state index is 12.9. The van der Waals surface area contributed by atoms with Crippen LogP contribution in [0.25, 0.3) is 0 Å². The average Bonchev–Trinajstić information content (AvgIpc) is 3.51. The molecule has 2 N–H and O–H groups in total. The van der Waals surface area contributed by atoms with E-state index in [9.17, 15) is 9.59 Å². The molecule has 2 aromatic heterocycles. The predicted molar refractivity (Wildman–Crippen MR) is 115 cm³/mol. The SMILES string of the molecule is CCOC(=O)C1=C(CN(Cc2cccs2)CC2CCCO2)NC(=O)NC1c1ccco1. The highest BCUT2D eigenvalue weighted by atomic mass is 32.1. The van der Waals surface area contributed by atoms with E-state index in [0.29, 0.717) is 36.7 Å². The van der Waals surface area contributed by atoms with Gasteiger partial charge in [-0.05, 0) is 43.3 Å². The van der Waals surface area contributed by atoms with Gasteiger partial charge in [0, 0.05) is 36.8 Å². The van der Waals surface area contributed by atoms with Crippen LogP contribution in [0.1, 0.15) is 36.4 Å². The second-order valence-electron chi connectivity index (χ2n) is 7.54. The summed E-state index contributed by atoms with van der Waals surface area (Å²) in [6.07, 6.45) is 3.72. The third-order valence-corrected chi connectivity index (χ3v) is 6.16. The fraction of sp³-hybridized carbons (Fsp3) is 0.455. The standard InChI is InChI=1S/C22H27N3O5S/c1-2-28-21(26)19-17(23-22(27)24-20(19)18-8-4-10-30-18)14-25(12-15-6-3-9-29-15)13-16-7-5-11-31-16/h4-5,7-8,10-11,15,20H,2-3,6,9,12-14H2,1H3,(H2,23,24,27). The van der Waals surface area contributed by atoms with E-state index in [0.717, 1.165) is 19.4 Å². The van der Waals surface area contributed by atoms with Crippen molar-refractivity contribution in [2.75, 3.05) is 26.3 Å². The smallest absolute Gasteiger partial charge is 0.338 e. The molecule has 166 valence electrons. The van der Waals surface area contributed by atoms with Gasteiger partial charge in [0.15, 0.2) is 0 Å². The number of rotatable bonds is 9. The van der Waals surface area contributed by atoms with Crippen molar-refractivity contribution in [2.24, 2.45) is 0 Å². The highest BCUT2D eigenvalue weighted by molar-refractivity contribution is 7.09. The first-order valence-electron chi connectivity index (χ1n) is 10.5. The fourth-order valence-corrected chi connectivity index (χ4v) is 4.72. The number of hydrogen-bond donors (Lipinski definition) is 2. The Bertz CT molecular complexity index is 904. The van der Waals surface area contributed by atoms with Crippen molar-refractivity contribution in [3.8, 4) is 0 Å². The van der Waals surface area contributed by atoms with E-state index in [1.165, 1.54) is 11.1 Å². The minimum Gasteiger partial charge on any atom is -0.467 e. The molecule has 2 aromatic rings. The van der Waals surface area contributed by atoms with E-state index in [-0.39, 0.29) is 18.7 Å². The van der Waals surface area contributed by atoms with E-state index in [2.05, 4.69) is 21.6 Å². The molecule has 0 aliphatic carbocycles. The Balaban J connectivity index is 1.65. The van der Waals surface area contributed by atoms with Gasteiger partial charge < -0.3 is 24.5 Å². The Morgan fingerprint density at radius 3 is 2.90 bits per heavy atom. The molecule has 2 amide bonds. The summed E-state index contributed by atoms with van der Waals surface area (Å²) in [7, 11) is 0. The largest absolute Gasteiger partial charge is 0.467 e. The number of carbonyl (C=O) groups is 2. The van der Waals surface area contributed by atoms with E-state index in [1.54, 1.807) is 30.4 Å². The van der Waals surface area contributed by atoms with Crippen LogP contribution in [0.3, 0.4) is 0 Å². The molecule has 2 atom stereocenters. The van der Waals surface area contributed by atoms with Crippen LogP contribution in [0.5, 0.6) is 0 Å². The molecular weight excluding hydrogens is 418 g/mol. The second kappa shape index (κ2) is 10.1. The monoisotopic (exact) mass is 445 g/mol. The van der Waals surface area contributed by atoms with Crippen molar-refractivity contribution in [3.63, 3.8) is 0 Å².